The van der Waals surface area contributed by atoms with E-state index < -0.39 is 11.6 Å². The zero-order valence-corrected chi connectivity index (χ0v) is 12.9. The molecule has 2 nitrogen and oxygen atoms in total. The second-order valence-electron chi connectivity index (χ2n) is 5.90. The summed E-state index contributed by atoms with van der Waals surface area (Å²) in [5.41, 5.74) is 0.148. The van der Waals surface area contributed by atoms with Gasteiger partial charge in [-0.3, -0.25) is 0 Å². The van der Waals surface area contributed by atoms with E-state index in [2.05, 4.69) is 5.32 Å². The molecular weight excluding hydrogens is 272 g/mol. The van der Waals surface area contributed by atoms with Gasteiger partial charge in [0.1, 0.15) is 11.6 Å². The van der Waals surface area contributed by atoms with Crippen molar-refractivity contribution in [2.45, 2.75) is 50.7 Å². The molecule has 0 spiro atoms. The third-order valence-electron chi connectivity index (χ3n) is 4.64. The molecule has 2 unspecified atom stereocenters. The molecule has 0 saturated heterocycles. The quantitative estimate of drug-likeness (QED) is 0.864. The topological polar surface area (TPSA) is 21.3 Å². The van der Waals surface area contributed by atoms with Gasteiger partial charge in [0.15, 0.2) is 0 Å². The van der Waals surface area contributed by atoms with Gasteiger partial charge in [0, 0.05) is 18.7 Å². The summed E-state index contributed by atoms with van der Waals surface area (Å²) in [6.45, 7) is 0. The Labute approximate surface area is 125 Å². The Morgan fingerprint density at radius 2 is 1.81 bits per heavy atom. The average Bonchev–Trinajstić information content (AvgIpc) is 2.51. The van der Waals surface area contributed by atoms with Crippen LogP contribution < -0.4 is 5.32 Å². The van der Waals surface area contributed by atoms with Crippen LogP contribution in [-0.2, 0) is 11.2 Å². The second kappa shape index (κ2) is 7.85. The van der Waals surface area contributed by atoms with E-state index in [-0.39, 0.29) is 17.7 Å². The third-order valence-corrected chi connectivity index (χ3v) is 4.64. The molecule has 0 heterocycles. The van der Waals surface area contributed by atoms with Crippen molar-refractivity contribution in [3.05, 3.63) is 35.4 Å². The molecule has 1 aromatic carbocycles. The van der Waals surface area contributed by atoms with Crippen LogP contribution in [0.5, 0.6) is 0 Å². The van der Waals surface area contributed by atoms with Crippen molar-refractivity contribution in [3.8, 4) is 0 Å². The maximum atomic E-state index is 13.8. The number of likely N-dealkylation sites (N-methyl/N-ethyl adjacent to an activating group) is 1. The number of hydrogen-bond acceptors (Lipinski definition) is 2. The lowest BCUT2D eigenvalue weighted by atomic mass is 9.81. The zero-order chi connectivity index (χ0) is 15.2. The highest BCUT2D eigenvalue weighted by Crippen LogP contribution is 2.30. The first kappa shape index (κ1) is 16.4. The van der Waals surface area contributed by atoms with Gasteiger partial charge in [-0.2, -0.15) is 0 Å². The predicted octanol–water partition coefficient (Wildman–Crippen LogP) is 3.69. The molecule has 1 saturated carbocycles. The van der Waals surface area contributed by atoms with Crippen molar-refractivity contribution >= 4 is 0 Å². The monoisotopic (exact) mass is 297 g/mol. The summed E-state index contributed by atoms with van der Waals surface area (Å²) in [5, 5.41) is 3.19. The number of rotatable bonds is 6. The Bertz CT molecular complexity index is 426. The van der Waals surface area contributed by atoms with Crippen molar-refractivity contribution in [2.24, 2.45) is 5.92 Å². The maximum Gasteiger partial charge on any atom is 0.129 e. The van der Waals surface area contributed by atoms with Crippen LogP contribution >= 0.6 is 0 Å². The van der Waals surface area contributed by atoms with Gasteiger partial charge in [-0.05, 0) is 44.4 Å². The fourth-order valence-corrected chi connectivity index (χ4v) is 3.48. The van der Waals surface area contributed by atoms with Crippen LogP contribution in [0, 0.1) is 17.6 Å². The predicted molar refractivity (Wildman–Crippen MR) is 80.3 cm³/mol. The molecule has 0 radical (unpaired) electrons. The van der Waals surface area contributed by atoms with Crippen molar-refractivity contribution < 1.29 is 13.5 Å². The lowest BCUT2D eigenvalue weighted by Gasteiger charge is -2.35. The smallest absolute Gasteiger partial charge is 0.129 e. The molecule has 0 bridgehead atoms. The van der Waals surface area contributed by atoms with Gasteiger partial charge < -0.3 is 10.1 Å². The van der Waals surface area contributed by atoms with E-state index in [1.807, 2.05) is 7.05 Å². The summed E-state index contributed by atoms with van der Waals surface area (Å²) in [5.74, 6) is -0.487. The standard InChI is InChI=1S/C17H25F2NO/c1-20-16(11-13-14(18)9-6-10-15(13)19)17(21-2)12-7-4-3-5-8-12/h6,9-10,12,16-17,20H,3-5,7-8,11H2,1-2H3. The lowest BCUT2D eigenvalue weighted by Crippen LogP contribution is -2.45. The zero-order valence-electron chi connectivity index (χ0n) is 12.9. The first-order valence-electron chi connectivity index (χ1n) is 7.80. The number of benzene rings is 1. The minimum atomic E-state index is -0.478. The maximum absolute atomic E-state index is 13.8. The number of nitrogens with one attached hydrogen (secondary N) is 1. The molecule has 1 N–H and O–H groups in total. The van der Waals surface area contributed by atoms with Crippen LogP contribution in [0.15, 0.2) is 18.2 Å². The molecule has 0 amide bonds. The Hall–Kier alpha value is -1.00. The molecule has 2 rings (SSSR count). The molecule has 2 atom stereocenters. The normalized spacial score (nSPS) is 19.4. The van der Waals surface area contributed by atoms with Gasteiger partial charge in [-0.25, -0.2) is 8.78 Å². The van der Waals surface area contributed by atoms with E-state index in [0.29, 0.717) is 12.3 Å². The van der Waals surface area contributed by atoms with Crippen molar-refractivity contribution in [3.63, 3.8) is 0 Å². The van der Waals surface area contributed by atoms with E-state index in [1.165, 1.54) is 37.5 Å². The Kier molecular flexibility index (Phi) is 6.12. The molecule has 21 heavy (non-hydrogen) atoms. The van der Waals surface area contributed by atoms with Gasteiger partial charge in [0.25, 0.3) is 0 Å². The Balaban J connectivity index is 2.13. The number of methoxy groups -OCH3 is 1. The fourth-order valence-electron chi connectivity index (χ4n) is 3.48. The number of halogens is 2. The van der Waals surface area contributed by atoms with E-state index in [9.17, 15) is 8.78 Å². The van der Waals surface area contributed by atoms with Gasteiger partial charge >= 0.3 is 0 Å². The molecule has 1 aromatic rings. The number of hydrogen-bond donors (Lipinski definition) is 1. The molecule has 1 fully saturated rings. The second-order valence-corrected chi connectivity index (χ2v) is 5.90. The van der Waals surface area contributed by atoms with E-state index >= 15 is 0 Å². The number of ether oxygens (including phenoxy) is 1. The summed E-state index contributed by atoms with van der Waals surface area (Å²) in [4.78, 5) is 0. The summed E-state index contributed by atoms with van der Waals surface area (Å²) in [7, 11) is 3.53. The first-order chi connectivity index (χ1) is 10.2. The molecule has 0 aliphatic heterocycles. The Morgan fingerprint density at radius 3 is 2.33 bits per heavy atom. The van der Waals surface area contributed by atoms with Crippen molar-refractivity contribution in [2.75, 3.05) is 14.2 Å². The van der Waals surface area contributed by atoms with Gasteiger partial charge in [0.2, 0.25) is 0 Å². The lowest BCUT2D eigenvalue weighted by molar-refractivity contribution is 0.00979. The van der Waals surface area contributed by atoms with Gasteiger partial charge in [-0.1, -0.05) is 25.3 Å². The summed E-state index contributed by atoms with van der Waals surface area (Å²) in [6, 6.07) is 3.95. The fraction of sp³-hybridized carbons (Fsp3) is 0.647. The highest BCUT2D eigenvalue weighted by molar-refractivity contribution is 5.21. The van der Waals surface area contributed by atoms with E-state index in [1.54, 1.807) is 7.11 Å². The van der Waals surface area contributed by atoms with E-state index in [0.717, 1.165) is 12.8 Å². The highest BCUT2D eigenvalue weighted by Gasteiger charge is 2.31. The minimum absolute atomic E-state index is 0.00527. The summed E-state index contributed by atoms with van der Waals surface area (Å²) >= 11 is 0. The van der Waals surface area contributed by atoms with Crippen LogP contribution in [0.4, 0.5) is 8.78 Å². The highest BCUT2D eigenvalue weighted by atomic mass is 19.1. The Morgan fingerprint density at radius 1 is 1.19 bits per heavy atom. The minimum Gasteiger partial charge on any atom is -0.380 e. The SMILES string of the molecule is CNC(Cc1c(F)cccc1F)C(OC)C1CCCCC1. The third kappa shape index (κ3) is 4.01. The summed E-state index contributed by atoms with van der Waals surface area (Å²) < 4.78 is 33.4. The average molecular weight is 297 g/mol. The van der Waals surface area contributed by atoms with Gasteiger partial charge in [0.05, 0.1) is 6.10 Å². The van der Waals surface area contributed by atoms with Crippen LogP contribution in [0.2, 0.25) is 0 Å². The van der Waals surface area contributed by atoms with Crippen LogP contribution in [-0.4, -0.2) is 26.3 Å². The van der Waals surface area contributed by atoms with Crippen molar-refractivity contribution in [1.29, 1.82) is 0 Å². The molecular formula is C17H25F2NO. The molecule has 4 heteroatoms. The van der Waals surface area contributed by atoms with Crippen LogP contribution in [0.25, 0.3) is 0 Å². The van der Waals surface area contributed by atoms with Crippen LogP contribution in [0.3, 0.4) is 0 Å². The first-order valence-corrected chi connectivity index (χ1v) is 7.80. The molecule has 0 aromatic heterocycles. The van der Waals surface area contributed by atoms with Gasteiger partial charge in [-0.15, -0.1) is 0 Å². The summed E-state index contributed by atoms with van der Waals surface area (Å²) in [6.07, 6.45) is 6.29. The molecule has 1 aliphatic carbocycles. The molecule has 118 valence electrons. The molecule has 1 aliphatic rings. The van der Waals surface area contributed by atoms with Crippen LogP contribution in [0.1, 0.15) is 37.7 Å². The largest absolute Gasteiger partial charge is 0.380 e. The van der Waals surface area contributed by atoms with E-state index in [4.69, 9.17) is 4.74 Å². The van der Waals surface area contributed by atoms with Crippen molar-refractivity contribution in [1.82, 2.24) is 5.32 Å².